The SMILES string of the molecule is O=C(NCc1ccccn1)[C@H]1CNCCN1C(=O)c1ccc2ncsc2c1. The van der Waals surface area contributed by atoms with Crippen molar-refractivity contribution in [3.8, 4) is 0 Å². The summed E-state index contributed by atoms with van der Waals surface area (Å²) in [4.78, 5) is 35.8. The van der Waals surface area contributed by atoms with Crippen molar-refractivity contribution < 1.29 is 9.59 Å². The van der Waals surface area contributed by atoms with Crippen LogP contribution in [0.5, 0.6) is 0 Å². The fourth-order valence-corrected chi connectivity index (χ4v) is 3.85. The molecule has 1 aliphatic rings. The normalized spacial score (nSPS) is 17.0. The molecule has 0 bridgehead atoms. The Bertz CT molecular complexity index is 959. The van der Waals surface area contributed by atoms with E-state index in [4.69, 9.17) is 0 Å². The molecule has 2 N–H and O–H groups in total. The third-order valence-electron chi connectivity index (χ3n) is 4.56. The van der Waals surface area contributed by atoms with Crippen LogP contribution >= 0.6 is 11.3 Å². The average Bonchev–Trinajstić information content (AvgIpc) is 3.20. The third kappa shape index (κ3) is 3.81. The second kappa shape index (κ2) is 7.81. The van der Waals surface area contributed by atoms with Crippen molar-refractivity contribution >= 4 is 33.4 Å². The number of nitrogens with zero attached hydrogens (tertiary/aromatic N) is 3. The van der Waals surface area contributed by atoms with Crippen LogP contribution in [0.25, 0.3) is 10.2 Å². The van der Waals surface area contributed by atoms with Gasteiger partial charge in [-0.2, -0.15) is 0 Å². The Morgan fingerprint density at radius 2 is 2.19 bits per heavy atom. The van der Waals surface area contributed by atoms with Crippen LogP contribution in [0.15, 0.2) is 48.1 Å². The van der Waals surface area contributed by atoms with Crippen molar-refractivity contribution in [1.29, 1.82) is 0 Å². The minimum atomic E-state index is -0.549. The predicted octanol–water partition coefficient (Wildman–Crippen LogP) is 1.42. The van der Waals surface area contributed by atoms with Crippen molar-refractivity contribution in [1.82, 2.24) is 25.5 Å². The molecule has 0 aliphatic carbocycles. The molecule has 1 aromatic carbocycles. The first kappa shape index (κ1) is 17.6. The van der Waals surface area contributed by atoms with E-state index in [0.717, 1.165) is 15.9 Å². The van der Waals surface area contributed by atoms with Gasteiger partial charge >= 0.3 is 0 Å². The molecule has 7 nitrogen and oxygen atoms in total. The molecular weight excluding hydrogens is 362 g/mol. The van der Waals surface area contributed by atoms with Gasteiger partial charge < -0.3 is 15.5 Å². The number of rotatable bonds is 4. The summed E-state index contributed by atoms with van der Waals surface area (Å²) in [5.41, 5.74) is 4.00. The first-order chi connectivity index (χ1) is 13.2. The number of piperazine rings is 1. The molecule has 0 spiro atoms. The van der Waals surface area contributed by atoms with Crippen LogP contribution in [0, 0.1) is 0 Å². The van der Waals surface area contributed by atoms with Crippen molar-refractivity contribution in [3.05, 3.63) is 59.4 Å². The summed E-state index contributed by atoms with van der Waals surface area (Å²) in [6.45, 7) is 1.92. The van der Waals surface area contributed by atoms with E-state index in [-0.39, 0.29) is 11.8 Å². The maximum Gasteiger partial charge on any atom is 0.254 e. The summed E-state index contributed by atoms with van der Waals surface area (Å²) >= 11 is 1.50. The molecule has 1 aliphatic heterocycles. The van der Waals surface area contributed by atoms with Gasteiger partial charge in [0.05, 0.1) is 28.0 Å². The summed E-state index contributed by atoms with van der Waals surface area (Å²) in [6.07, 6.45) is 1.69. The minimum Gasteiger partial charge on any atom is -0.349 e. The molecule has 4 rings (SSSR count). The van der Waals surface area contributed by atoms with Crippen LogP contribution < -0.4 is 10.6 Å². The lowest BCUT2D eigenvalue weighted by molar-refractivity contribution is -0.126. The number of carbonyl (C=O) groups excluding carboxylic acids is 2. The number of hydrogen-bond donors (Lipinski definition) is 2. The molecule has 27 heavy (non-hydrogen) atoms. The topological polar surface area (TPSA) is 87.2 Å². The number of carbonyl (C=O) groups is 2. The van der Waals surface area contributed by atoms with Gasteiger partial charge in [0, 0.05) is 31.4 Å². The zero-order valence-electron chi connectivity index (χ0n) is 14.6. The van der Waals surface area contributed by atoms with E-state index in [1.807, 2.05) is 30.3 Å². The second-order valence-electron chi connectivity index (χ2n) is 6.29. The quantitative estimate of drug-likeness (QED) is 0.714. The summed E-state index contributed by atoms with van der Waals surface area (Å²) in [7, 11) is 0. The van der Waals surface area contributed by atoms with Gasteiger partial charge in [-0.15, -0.1) is 11.3 Å². The van der Waals surface area contributed by atoms with Crippen LogP contribution in [-0.4, -0.2) is 52.4 Å². The third-order valence-corrected chi connectivity index (χ3v) is 5.35. The number of hydrogen-bond acceptors (Lipinski definition) is 6. The largest absolute Gasteiger partial charge is 0.349 e. The first-order valence-corrected chi connectivity index (χ1v) is 9.63. The fourth-order valence-electron chi connectivity index (χ4n) is 3.13. The Kier molecular flexibility index (Phi) is 5.08. The number of pyridine rings is 1. The molecule has 2 aromatic heterocycles. The smallest absolute Gasteiger partial charge is 0.254 e. The van der Waals surface area contributed by atoms with E-state index < -0.39 is 6.04 Å². The standard InChI is InChI=1S/C19H19N5O2S/c25-18(22-10-14-3-1-2-6-21-14)16-11-20-7-8-24(16)19(26)13-4-5-15-17(9-13)27-12-23-15/h1-6,9,12,16,20H,7-8,10-11H2,(H,22,25)/t16-/m1/s1. The second-order valence-corrected chi connectivity index (χ2v) is 7.18. The summed E-state index contributed by atoms with van der Waals surface area (Å²) in [5, 5.41) is 6.08. The number of thiazole rings is 1. The highest BCUT2D eigenvalue weighted by atomic mass is 32.1. The summed E-state index contributed by atoms with van der Waals surface area (Å²) in [5.74, 6) is -0.315. The highest BCUT2D eigenvalue weighted by Crippen LogP contribution is 2.21. The van der Waals surface area contributed by atoms with E-state index in [2.05, 4.69) is 20.6 Å². The Balaban J connectivity index is 1.49. The van der Waals surface area contributed by atoms with Gasteiger partial charge in [0.1, 0.15) is 6.04 Å². The van der Waals surface area contributed by atoms with Crippen LogP contribution in [-0.2, 0) is 11.3 Å². The lowest BCUT2D eigenvalue weighted by Crippen LogP contribution is -2.59. The van der Waals surface area contributed by atoms with Crippen molar-refractivity contribution in [3.63, 3.8) is 0 Å². The van der Waals surface area contributed by atoms with Crippen LogP contribution in [0.4, 0.5) is 0 Å². The fraction of sp³-hybridized carbons (Fsp3) is 0.263. The van der Waals surface area contributed by atoms with Gasteiger partial charge in [0.25, 0.3) is 5.91 Å². The van der Waals surface area contributed by atoms with Crippen molar-refractivity contribution in [2.45, 2.75) is 12.6 Å². The number of amides is 2. The Hall–Kier alpha value is -2.84. The maximum absolute atomic E-state index is 13.0. The molecule has 2 amide bonds. The Labute approximate surface area is 160 Å². The molecule has 1 atom stereocenters. The highest BCUT2D eigenvalue weighted by Gasteiger charge is 2.32. The van der Waals surface area contributed by atoms with E-state index in [9.17, 15) is 9.59 Å². The molecule has 0 saturated carbocycles. The van der Waals surface area contributed by atoms with E-state index >= 15 is 0 Å². The molecule has 3 heterocycles. The number of benzene rings is 1. The zero-order chi connectivity index (χ0) is 18.6. The van der Waals surface area contributed by atoms with Gasteiger partial charge in [-0.3, -0.25) is 14.6 Å². The van der Waals surface area contributed by atoms with Crippen LogP contribution in [0.2, 0.25) is 0 Å². The lowest BCUT2D eigenvalue weighted by atomic mass is 10.1. The zero-order valence-corrected chi connectivity index (χ0v) is 15.4. The monoisotopic (exact) mass is 381 g/mol. The minimum absolute atomic E-state index is 0.134. The summed E-state index contributed by atoms with van der Waals surface area (Å²) < 4.78 is 0.965. The Morgan fingerprint density at radius 3 is 3.04 bits per heavy atom. The average molecular weight is 381 g/mol. The maximum atomic E-state index is 13.0. The highest BCUT2D eigenvalue weighted by molar-refractivity contribution is 7.16. The van der Waals surface area contributed by atoms with Crippen molar-refractivity contribution in [2.24, 2.45) is 0 Å². The van der Waals surface area contributed by atoms with Crippen LogP contribution in [0.1, 0.15) is 16.1 Å². The van der Waals surface area contributed by atoms with Gasteiger partial charge in [0.15, 0.2) is 0 Å². The number of aromatic nitrogens is 2. The van der Waals surface area contributed by atoms with Gasteiger partial charge in [-0.1, -0.05) is 6.07 Å². The Morgan fingerprint density at radius 1 is 1.26 bits per heavy atom. The lowest BCUT2D eigenvalue weighted by Gasteiger charge is -2.35. The molecule has 1 fully saturated rings. The first-order valence-electron chi connectivity index (χ1n) is 8.75. The molecule has 0 unspecified atom stereocenters. The van der Waals surface area contributed by atoms with Gasteiger partial charge in [-0.05, 0) is 30.3 Å². The molecular formula is C19H19N5O2S. The molecule has 1 saturated heterocycles. The molecule has 0 radical (unpaired) electrons. The number of nitrogens with one attached hydrogen (secondary N) is 2. The molecule has 8 heteroatoms. The van der Waals surface area contributed by atoms with Crippen molar-refractivity contribution in [2.75, 3.05) is 19.6 Å². The molecule has 138 valence electrons. The van der Waals surface area contributed by atoms with Crippen LogP contribution in [0.3, 0.4) is 0 Å². The number of fused-ring (bicyclic) bond motifs is 1. The summed E-state index contributed by atoms with van der Waals surface area (Å²) in [6, 6.07) is 10.5. The predicted molar refractivity (Wildman–Crippen MR) is 103 cm³/mol. The molecule has 3 aromatic rings. The van der Waals surface area contributed by atoms with E-state index in [0.29, 0.717) is 31.7 Å². The van der Waals surface area contributed by atoms with E-state index in [1.54, 1.807) is 22.7 Å². The van der Waals surface area contributed by atoms with Gasteiger partial charge in [0.2, 0.25) is 5.91 Å². The van der Waals surface area contributed by atoms with Gasteiger partial charge in [-0.25, -0.2) is 4.98 Å². The van der Waals surface area contributed by atoms with E-state index in [1.165, 1.54) is 11.3 Å².